The van der Waals surface area contributed by atoms with E-state index in [0.717, 1.165) is 18.0 Å². The fourth-order valence-electron chi connectivity index (χ4n) is 3.29. The van der Waals surface area contributed by atoms with Crippen LogP contribution in [0.3, 0.4) is 0 Å². The Morgan fingerprint density at radius 2 is 1.61 bits per heavy atom. The molecule has 0 aliphatic rings. The minimum absolute atomic E-state index is 0.00765. The van der Waals surface area contributed by atoms with Crippen molar-refractivity contribution < 1.29 is 13.2 Å². The number of anilines is 3. The quantitative estimate of drug-likeness (QED) is 0.381. The predicted molar refractivity (Wildman–Crippen MR) is 119 cm³/mol. The van der Waals surface area contributed by atoms with Gasteiger partial charge in [-0.1, -0.05) is 48.3 Å². The molecular formula is C22H17F3N4OS. The molecule has 4 aromatic rings. The van der Waals surface area contributed by atoms with Crippen LogP contribution in [-0.4, -0.2) is 15.8 Å². The van der Waals surface area contributed by atoms with Crippen molar-refractivity contribution in [1.29, 1.82) is 0 Å². The number of alkyl halides is 3. The molecule has 0 fully saturated rings. The third-order valence-electron chi connectivity index (χ3n) is 4.54. The highest BCUT2D eigenvalue weighted by molar-refractivity contribution is 7.99. The minimum Gasteiger partial charge on any atom is -0.341 e. The van der Waals surface area contributed by atoms with Crippen LogP contribution in [0.15, 0.2) is 77.6 Å². The highest BCUT2D eigenvalue weighted by atomic mass is 32.2. The maximum absolute atomic E-state index is 13.9. The summed E-state index contributed by atoms with van der Waals surface area (Å²) in [4.78, 5) is 17.3. The lowest BCUT2D eigenvalue weighted by atomic mass is 10.1. The molecule has 9 heteroatoms. The van der Waals surface area contributed by atoms with Gasteiger partial charge < -0.3 is 10.0 Å². The zero-order valence-corrected chi connectivity index (χ0v) is 17.1. The van der Waals surface area contributed by atoms with Crippen molar-refractivity contribution in [2.45, 2.75) is 6.18 Å². The maximum Gasteiger partial charge on any atom is 0.417 e. The van der Waals surface area contributed by atoms with E-state index in [4.69, 9.17) is 0 Å². The van der Waals surface area contributed by atoms with E-state index in [1.54, 1.807) is 48.7 Å². The second-order valence-corrected chi connectivity index (χ2v) is 7.23. The summed E-state index contributed by atoms with van der Waals surface area (Å²) in [6.45, 7) is 0. The van der Waals surface area contributed by atoms with Crippen LogP contribution in [0.25, 0.3) is 16.7 Å². The van der Waals surface area contributed by atoms with Crippen LogP contribution >= 0.6 is 11.9 Å². The average molecular weight is 442 g/mol. The molecule has 2 heterocycles. The molecule has 0 atom stereocenters. The number of hydrogen-bond donors (Lipinski definition) is 2. The molecule has 0 bridgehead atoms. The van der Waals surface area contributed by atoms with Crippen LogP contribution < -0.4 is 15.5 Å². The molecule has 0 aliphatic heterocycles. The van der Waals surface area contributed by atoms with E-state index in [1.807, 2.05) is 18.2 Å². The second kappa shape index (κ2) is 8.35. The number of hydrogen-bond acceptors (Lipinski definition) is 5. The Bertz CT molecular complexity index is 1280. The molecule has 4 rings (SSSR count). The standard InChI is InChI=1S/C22H17F3N4OS/c1-31-28-18-12-16(22(23,24)25)20-17(30)13-19(26-14-8-4-2-5-9-14)29(21(20)27-18)15-10-6-3-7-11-15/h2-13,26H,1H3,(H,27,28). The third kappa shape index (κ3) is 4.22. The monoisotopic (exact) mass is 442 g/mol. The first-order valence-corrected chi connectivity index (χ1v) is 10.5. The lowest BCUT2D eigenvalue weighted by Gasteiger charge is -2.20. The average Bonchev–Trinajstić information content (AvgIpc) is 2.74. The van der Waals surface area contributed by atoms with Gasteiger partial charge in [0.2, 0.25) is 0 Å². The zero-order valence-electron chi connectivity index (χ0n) is 16.3. The number of benzene rings is 2. The van der Waals surface area contributed by atoms with E-state index >= 15 is 0 Å². The summed E-state index contributed by atoms with van der Waals surface area (Å²) >= 11 is 1.11. The van der Waals surface area contributed by atoms with Gasteiger partial charge in [0, 0.05) is 23.7 Å². The Labute approximate surface area is 180 Å². The van der Waals surface area contributed by atoms with Gasteiger partial charge in [0.15, 0.2) is 11.1 Å². The molecule has 31 heavy (non-hydrogen) atoms. The molecule has 158 valence electrons. The van der Waals surface area contributed by atoms with E-state index in [9.17, 15) is 18.0 Å². The molecule has 0 unspecified atom stereocenters. The number of fused-ring (bicyclic) bond motifs is 1. The van der Waals surface area contributed by atoms with Crippen molar-refractivity contribution in [1.82, 2.24) is 9.55 Å². The molecule has 0 radical (unpaired) electrons. The van der Waals surface area contributed by atoms with Gasteiger partial charge in [-0.25, -0.2) is 4.98 Å². The smallest absolute Gasteiger partial charge is 0.341 e. The summed E-state index contributed by atoms with van der Waals surface area (Å²) in [5.41, 5.74) is -0.650. The van der Waals surface area contributed by atoms with Crippen molar-refractivity contribution in [3.8, 4) is 5.69 Å². The van der Waals surface area contributed by atoms with Crippen LogP contribution in [0.4, 0.5) is 30.5 Å². The number of halogens is 3. The topological polar surface area (TPSA) is 59.0 Å². The number of nitrogens with one attached hydrogen (secondary N) is 2. The Kier molecular flexibility index (Phi) is 5.60. The first-order chi connectivity index (χ1) is 14.9. The molecule has 2 aromatic heterocycles. The normalized spacial score (nSPS) is 11.5. The van der Waals surface area contributed by atoms with Crippen molar-refractivity contribution >= 4 is 40.3 Å². The predicted octanol–water partition coefficient (Wildman–Crippen LogP) is 5.84. The first-order valence-electron chi connectivity index (χ1n) is 9.23. The van der Waals surface area contributed by atoms with E-state index in [1.165, 1.54) is 10.6 Å². The highest BCUT2D eigenvalue weighted by Crippen LogP contribution is 2.36. The molecule has 0 spiro atoms. The summed E-state index contributed by atoms with van der Waals surface area (Å²) in [5, 5.41) is 2.65. The van der Waals surface area contributed by atoms with Crippen molar-refractivity contribution in [3.63, 3.8) is 0 Å². The SMILES string of the molecule is CSNc1cc(C(F)(F)F)c2c(=O)cc(Nc3ccccc3)n(-c3ccccc3)c2n1. The Morgan fingerprint density at radius 3 is 2.23 bits per heavy atom. The van der Waals surface area contributed by atoms with E-state index in [0.29, 0.717) is 17.2 Å². The van der Waals surface area contributed by atoms with Gasteiger partial charge in [0.25, 0.3) is 0 Å². The van der Waals surface area contributed by atoms with Crippen molar-refractivity contribution in [3.05, 3.63) is 88.6 Å². The summed E-state index contributed by atoms with van der Waals surface area (Å²) in [7, 11) is 0. The number of aromatic nitrogens is 2. The highest BCUT2D eigenvalue weighted by Gasteiger charge is 2.35. The summed E-state index contributed by atoms with van der Waals surface area (Å²) in [5.74, 6) is 0.310. The summed E-state index contributed by atoms with van der Waals surface area (Å²) in [6.07, 6.45) is -3.05. The molecule has 0 saturated carbocycles. The number of pyridine rings is 2. The van der Waals surface area contributed by atoms with Crippen LogP contribution in [0.2, 0.25) is 0 Å². The maximum atomic E-state index is 13.9. The number of para-hydroxylation sites is 2. The van der Waals surface area contributed by atoms with E-state index in [2.05, 4.69) is 15.0 Å². The molecule has 0 saturated heterocycles. The largest absolute Gasteiger partial charge is 0.417 e. The van der Waals surface area contributed by atoms with E-state index in [-0.39, 0.29) is 11.5 Å². The lowest BCUT2D eigenvalue weighted by molar-refractivity contribution is -0.136. The summed E-state index contributed by atoms with van der Waals surface area (Å²) < 4.78 is 45.9. The van der Waals surface area contributed by atoms with Crippen LogP contribution in [-0.2, 0) is 6.18 Å². The van der Waals surface area contributed by atoms with Gasteiger partial charge in [0.05, 0.1) is 10.9 Å². The van der Waals surface area contributed by atoms with Crippen molar-refractivity contribution in [2.75, 3.05) is 16.3 Å². The van der Waals surface area contributed by atoms with Crippen LogP contribution in [0.1, 0.15) is 5.56 Å². The van der Waals surface area contributed by atoms with Gasteiger partial charge in [-0.3, -0.25) is 9.36 Å². The first kappa shape index (κ1) is 20.8. The second-order valence-electron chi connectivity index (χ2n) is 6.61. The Balaban J connectivity index is 2.10. The van der Waals surface area contributed by atoms with E-state index < -0.39 is 22.6 Å². The molecule has 2 aromatic carbocycles. The molecule has 0 amide bonds. The van der Waals surface area contributed by atoms with Gasteiger partial charge in [-0.05, 0) is 30.3 Å². The molecular weight excluding hydrogens is 425 g/mol. The van der Waals surface area contributed by atoms with Crippen LogP contribution in [0, 0.1) is 0 Å². The molecule has 0 aliphatic carbocycles. The van der Waals surface area contributed by atoms with Gasteiger partial charge in [-0.2, -0.15) is 13.2 Å². The summed E-state index contributed by atoms with van der Waals surface area (Å²) in [6, 6.07) is 19.9. The lowest BCUT2D eigenvalue weighted by Crippen LogP contribution is -2.19. The van der Waals surface area contributed by atoms with Gasteiger partial charge in [-0.15, -0.1) is 0 Å². The fourth-order valence-corrected chi connectivity index (χ4v) is 3.61. The van der Waals surface area contributed by atoms with Crippen LogP contribution in [0.5, 0.6) is 0 Å². The number of rotatable bonds is 5. The molecule has 5 nitrogen and oxygen atoms in total. The van der Waals surface area contributed by atoms with Crippen molar-refractivity contribution in [2.24, 2.45) is 0 Å². The Hall–Kier alpha value is -3.46. The molecule has 2 N–H and O–H groups in total. The Morgan fingerprint density at radius 1 is 0.968 bits per heavy atom. The van der Waals surface area contributed by atoms with Gasteiger partial charge >= 0.3 is 6.18 Å². The third-order valence-corrected chi connectivity index (χ3v) is 4.95. The number of nitrogens with zero attached hydrogens (tertiary/aromatic N) is 2. The zero-order chi connectivity index (χ0) is 22.0. The fraction of sp³-hybridized carbons (Fsp3) is 0.0909. The van der Waals surface area contributed by atoms with Gasteiger partial charge in [0.1, 0.15) is 11.6 Å². The minimum atomic E-state index is -4.72.